The Morgan fingerprint density at radius 2 is 2.36 bits per heavy atom. The smallest absolute Gasteiger partial charge is 0.308 e. The summed E-state index contributed by atoms with van der Waals surface area (Å²) in [5, 5.41) is 0. The molecule has 0 amide bonds. The highest BCUT2D eigenvalue weighted by Crippen LogP contribution is 2.15. The van der Waals surface area contributed by atoms with Crippen LogP contribution >= 0.6 is 0 Å². The molecule has 0 fully saturated rings. The summed E-state index contributed by atoms with van der Waals surface area (Å²) in [4.78, 5) is 3.90. The Hall–Kier alpha value is -0.990. The minimum Gasteiger partial charge on any atom is -0.464 e. The van der Waals surface area contributed by atoms with Gasteiger partial charge in [-0.1, -0.05) is 13.8 Å². The van der Waals surface area contributed by atoms with E-state index in [0.717, 1.165) is 5.69 Å². The summed E-state index contributed by atoms with van der Waals surface area (Å²) in [6.45, 7) is 6.71. The van der Waals surface area contributed by atoms with E-state index in [9.17, 15) is 0 Å². The van der Waals surface area contributed by atoms with E-state index in [4.69, 9.17) is 9.15 Å². The largest absolute Gasteiger partial charge is 0.464 e. The number of aromatic nitrogens is 1. The first-order valence-electron chi connectivity index (χ1n) is 3.73. The van der Waals surface area contributed by atoms with Gasteiger partial charge in [0.15, 0.2) is 6.39 Å². The minimum absolute atomic E-state index is 0.513. The molecule has 1 aromatic rings. The predicted octanol–water partition coefficient (Wildman–Crippen LogP) is 2.02. The number of ether oxygens (including phenoxy) is 1. The van der Waals surface area contributed by atoms with Crippen molar-refractivity contribution in [2.75, 3.05) is 6.61 Å². The number of hydrogen-bond acceptors (Lipinski definition) is 3. The highest BCUT2D eigenvalue weighted by atomic mass is 16.6. The topological polar surface area (TPSA) is 35.3 Å². The van der Waals surface area contributed by atoms with Crippen molar-refractivity contribution in [1.29, 1.82) is 0 Å². The highest BCUT2D eigenvalue weighted by Gasteiger charge is 2.04. The molecule has 0 saturated heterocycles. The van der Waals surface area contributed by atoms with Crippen molar-refractivity contribution in [1.82, 2.24) is 4.98 Å². The van der Waals surface area contributed by atoms with Crippen molar-refractivity contribution in [2.24, 2.45) is 5.92 Å². The third-order valence-electron chi connectivity index (χ3n) is 1.25. The maximum absolute atomic E-state index is 5.31. The van der Waals surface area contributed by atoms with Crippen LogP contribution < -0.4 is 4.74 Å². The van der Waals surface area contributed by atoms with Crippen LogP contribution in [-0.2, 0) is 0 Å². The molecule has 0 bridgehead atoms. The van der Waals surface area contributed by atoms with Crippen molar-refractivity contribution in [3.63, 3.8) is 0 Å². The van der Waals surface area contributed by atoms with E-state index in [-0.39, 0.29) is 0 Å². The fourth-order valence-corrected chi connectivity index (χ4v) is 0.672. The molecule has 0 radical (unpaired) electrons. The number of nitrogens with zero attached hydrogens (tertiary/aromatic N) is 1. The lowest BCUT2D eigenvalue weighted by atomic mass is 10.2. The van der Waals surface area contributed by atoms with Gasteiger partial charge < -0.3 is 9.15 Å². The summed E-state index contributed by atoms with van der Waals surface area (Å²) in [5.74, 6) is 1.05. The molecule has 62 valence electrons. The van der Waals surface area contributed by atoms with Crippen LogP contribution in [0.3, 0.4) is 0 Å². The van der Waals surface area contributed by atoms with Crippen LogP contribution in [0, 0.1) is 12.8 Å². The third kappa shape index (κ3) is 2.26. The van der Waals surface area contributed by atoms with Gasteiger partial charge >= 0.3 is 5.95 Å². The number of rotatable bonds is 3. The van der Waals surface area contributed by atoms with E-state index in [1.807, 2.05) is 6.92 Å². The van der Waals surface area contributed by atoms with E-state index in [0.29, 0.717) is 18.5 Å². The minimum atomic E-state index is 0.513. The number of hydrogen-bond donors (Lipinski definition) is 0. The lowest BCUT2D eigenvalue weighted by Gasteiger charge is -2.04. The van der Waals surface area contributed by atoms with Gasteiger partial charge in [0.1, 0.15) is 5.69 Å². The lowest BCUT2D eigenvalue weighted by Crippen LogP contribution is -2.04. The zero-order valence-corrected chi connectivity index (χ0v) is 7.13. The molecular weight excluding hydrogens is 142 g/mol. The monoisotopic (exact) mass is 155 g/mol. The second-order valence-corrected chi connectivity index (χ2v) is 2.93. The molecule has 0 aromatic carbocycles. The van der Waals surface area contributed by atoms with Gasteiger partial charge in [-0.05, 0) is 12.8 Å². The Labute approximate surface area is 66.4 Å². The van der Waals surface area contributed by atoms with Crippen LogP contribution in [0.25, 0.3) is 0 Å². The molecule has 0 aliphatic carbocycles. The summed E-state index contributed by atoms with van der Waals surface area (Å²) in [6.07, 6.45) is 1.39. The van der Waals surface area contributed by atoms with Crippen molar-refractivity contribution in [2.45, 2.75) is 20.8 Å². The summed E-state index contributed by atoms with van der Waals surface area (Å²) < 4.78 is 10.3. The molecule has 1 aromatic heterocycles. The lowest BCUT2D eigenvalue weighted by molar-refractivity contribution is 0.211. The maximum atomic E-state index is 5.31. The summed E-state index contributed by atoms with van der Waals surface area (Å²) >= 11 is 0. The molecular formula is C8H13NO2. The van der Waals surface area contributed by atoms with E-state index < -0.39 is 0 Å². The first-order chi connectivity index (χ1) is 5.20. The van der Waals surface area contributed by atoms with E-state index >= 15 is 0 Å². The molecule has 3 heteroatoms. The normalized spacial score (nSPS) is 10.5. The first kappa shape index (κ1) is 8.11. The third-order valence-corrected chi connectivity index (χ3v) is 1.25. The maximum Gasteiger partial charge on any atom is 0.308 e. The van der Waals surface area contributed by atoms with Gasteiger partial charge in [0.25, 0.3) is 0 Å². The Morgan fingerprint density at radius 3 is 2.82 bits per heavy atom. The molecule has 0 aliphatic heterocycles. The molecule has 0 atom stereocenters. The van der Waals surface area contributed by atoms with Gasteiger partial charge in [-0.15, -0.1) is 0 Å². The summed E-state index contributed by atoms with van der Waals surface area (Å²) in [7, 11) is 0. The van der Waals surface area contributed by atoms with Crippen molar-refractivity contribution < 1.29 is 9.15 Å². The zero-order chi connectivity index (χ0) is 8.27. The van der Waals surface area contributed by atoms with Gasteiger partial charge in [0.2, 0.25) is 0 Å². The Balaban J connectivity index is 2.44. The van der Waals surface area contributed by atoms with Crippen molar-refractivity contribution in [3.05, 3.63) is 12.1 Å². The van der Waals surface area contributed by atoms with E-state index in [2.05, 4.69) is 18.8 Å². The van der Waals surface area contributed by atoms with Gasteiger partial charge in [0, 0.05) is 0 Å². The van der Waals surface area contributed by atoms with Crippen molar-refractivity contribution in [3.8, 4) is 5.95 Å². The van der Waals surface area contributed by atoms with Crippen LogP contribution in [0.1, 0.15) is 19.5 Å². The quantitative estimate of drug-likeness (QED) is 0.669. The van der Waals surface area contributed by atoms with Crippen LogP contribution in [0.5, 0.6) is 5.95 Å². The first-order valence-corrected chi connectivity index (χ1v) is 3.73. The molecule has 1 rings (SSSR count). The van der Waals surface area contributed by atoms with Gasteiger partial charge in [-0.3, -0.25) is 0 Å². The molecule has 0 unspecified atom stereocenters. The molecule has 0 saturated carbocycles. The molecule has 11 heavy (non-hydrogen) atoms. The van der Waals surface area contributed by atoms with Crippen LogP contribution in [0.2, 0.25) is 0 Å². The van der Waals surface area contributed by atoms with Gasteiger partial charge in [-0.25, -0.2) is 4.98 Å². The standard InChI is InChI=1S/C8H13NO2/c1-6(2)4-10-8-7(3)9-5-11-8/h5-6H,4H2,1-3H3. The summed E-state index contributed by atoms with van der Waals surface area (Å²) in [6, 6.07) is 0. The average molecular weight is 155 g/mol. The Kier molecular flexibility index (Phi) is 2.52. The van der Waals surface area contributed by atoms with Crippen LogP contribution in [0.15, 0.2) is 10.8 Å². The molecule has 1 heterocycles. The zero-order valence-electron chi connectivity index (χ0n) is 7.13. The van der Waals surface area contributed by atoms with Crippen LogP contribution in [-0.4, -0.2) is 11.6 Å². The molecule has 3 nitrogen and oxygen atoms in total. The Morgan fingerprint density at radius 1 is 1.64 bits per heavy atom. The second-order valence-electron chi connectivity index (χ2n) is 2.93. The second kappa shape index (κ2) is 3.42. The Bertz CT molecular complexity index is 218. The van der Waals surface area contributed by atoms with E-state index in [1.54, 1.807) is 0 Å². The van der Waals surface area contributed by atoms with E-state index in [1.165, 1.54) is 6.39 Å². The molecule has 0 spiro atoms. The van der Waals surface area contributed by atoms with Crippen molar-refractivity contribution >= 4 is 0 Å². The fraction of sp³-hybridized carbons (Fsp3) is 0.625. The van der Waals surface area contributed by atoms with Gasteiger partial charge in [-0.2, -0.15) is 0 Å². The average Bonchev–Trinajstić information content (AvgIpc) is 2.31. The number of oxazole rings is 1. The number of aryl methyl sites for hydroxylation is 1. The molecule has 0 N–H and O–H groups in total. The van der Waals surface area contributed by atoms with Crippen LogP contribution in [0.4, 0.5) is 0 Å². The summed E-state index contributed by atoms with van der Waals surface area (Å²) in [5.41, 5.74) is 0.811. The highest BCUT2D eigenvalue weighted by molar-refractivity contribution is 5.10. The SMILES string of the molecule is Cc1ncoc1OCC(C)C. The predicted molar refractivity (Wildman–Crippen MR) is 41.6 cm³/mol. The fourth-order valence-electron chi connectivity index (χ4n) is 0.672. The van der Waals surface area contributed by atoms with Gasteiger partial charge in [0.05, 0.1) is 6.61 Å². The molecule has 0 aliphatic rings.